The second kappa shape index (κ2) is 7.28. The maximum Gasteiger partial charge on any atom is 0.217 e. The summed E-state index contributed by atoms with van der Waals surface area (Å²) < 4.78 is 1.10. The van der Waals surface area contributed by atoms with E-state index in [-0.39, 0.29) is 5.91 Å². The van der Waals surface area contributed by atoms with E-state index in [1.54, 1.807) is 0 Å². The first-order chi connectivity index (χ1) is 8.08. The van der Waals surface area contributed by atoms with Gasteiger partial charge in [-0.15, -0.1) is 0 Å². The van der Waals surface area contributed by atoms with Crippen LogP contribution < -0.4 is 5.73 Å². The molecule has 0 aliphatic rings. The summed E-state index contributed by atoms with van der Waals surface area (Å²) in [5.74, 6) is 0.177. The van der Waals surface area contributed by atoms with E-state index in [0.717, 1.165) is 17.3 Å². The Morgan fingerprint density at radius 2 is 2.06 bits per heavy atom. The van der Waals surface area contributed by atoms with Gasteiger partial charge in [0.05, 0.1) is 0 Å². The lowest BCUT2D eigenvalue weighted by molar-refractivity contribution is -0.118. The summed E-state index contributed by atoms with van der Waals surface area (Å²) in [5, 5.41) is 0. The van der Waals surface area contributed by atoms with Crippen molar-refractivity contribution in [3.63, 3.8) is 0 Å². The zero-order valence-electron chi connectivity index (χ0n) is 10.0. The van der Waals surface area contributed by atoms with Crippen LogP contribution in [0.1, 0.15) is 25.3 Å². The average molecular weight is 296 g/mol. The summed E-state index contributed by atoms with van der Waals surface area (Å²) in [6, 6.07) is 8.28. The minimum Gasteiger partial charge on any atom is -0.370 e. The minimum absolute atomic E-state index is 0.224. The van der Waals surface area contributed by atoms with E-state index in [0.29, 0.717) is 12.3 Å². The van der Waals surface area contributed by atoms with E-state index in [1.165, 1.54) is 5.56 Å². The topological polar surface area (TPSA) is 43.1 Å². The van der Waals surface area contributed by atoms with E-state index < -0.39 is 0 Å². The third-order valence-corrected chi connectivity index (χ3v) is 3.11. The molecular weight excluding hydrogens is 278 g/mol. The molecule has 2 N–H and O–H groups in total. The maximum atomic E-state index is 10.6. The molecular formula is C14H18BrNO. The van der Waals surface area contributed by atoms with Crippen molar-refractivity contribution < 1.29 is 4.79 Å². The second-order valence-electron chi connectivity index (χ2n) is 4.24. The number of hydrogen-bond acceptors (Lipinski definition) is 1. The molecule has 0 unspecified atom stereocenters. The van der Waals surface area contributed by atoms with Crippen LogP contribution in [0.3, 0.4) is 0 Å². The zero-order chi connectivity index (χ0) is 12.7. The third-order valence-electron chi connectivity index (χ3n) is 2.58. The molecule has 0 saturated carbocycles. The van der Waals surface area contributed by atoms with Crippen molar-refractivity contribution in [2.24, 2.45) is 11.7 Å². The van der Waals surface area contributed by atoms with Crippen molar-refractivity contribution in [3.05, 3.63) is 46.5 Å². The van der Waals surface area contributed by atoms with Crippen LogP contribution in [0.15, 0.2) is 40.9 Å². The van der Waals surface area contributed by atoms with Crippen LogP contribution in [-0.4, -0.2) is 5.91 Å². The van der Waals surface area contributed by atoms with E-state index in [4.69, 9.17) is 5.73 Å². The first kappa shape index (κ1) is 14.0. The molecule has 1 atom stereocenters. The lowest BCUT2D eigenvalue weighted by Crippen LogP contribution is -2.11. The lowest BCUT2D eigenvalue weighted by Gasteiger charge is -2.03. The highest BCUT2D eigenvalue weighted by Crippen LogP contribution is 2.12. The molecule has 0 spiro atoms. The fraction of sp³-hybridized carbons (Fsp3) is 0.357. The van der Waals surface area contributed by atoms with Crippen LogP contribution in [0.25, 0.3) is 0 Å². The van der Waals surface area contributed by atoms with E-state index in [9.17, 15) is 4.79 Å². The van der Waals surface area contributed by atoms with Gasteiger partial charge >= 0.3 is 0 Å². The van der Waals surface area contributed by atoms with Gasteiger partial charge in [0.25, 0.3) is 0 Å². The number of amides is 1. The van der Waals surface area contributed by atoms with E-state index in [2.05, 4.69) is 47.1 Å². The van der Waals surface area contributed by atoms with E-state index in [1.807, 2.05) is 12.1 Å². The predicted molar refractivity (Wildman–Crippen MR) is 74.6 cm³/mol. The Labute approximate surface area is 111 Å². The number of allylic oxidation sites excluding steroid dienone is 2. The van der Waals surface area contributed by atoms with Crippen LogP contribution in [-0.2, 0) is 11.2 Å². The first-order valence-corrected chi connectivity index (χ1v) is 6.56. The molecule has 92 valence electrons. The van der Waals surface area contributed by atoms with Crippen LogP contribution in [0, 0.1) is 5.92 Å². The zero-order valence-corrected chi connectivity index (χ0v) is 11.6. The van der Waals surface area contributed by atoms with Crippen LogP contribution in [0.5, 0.6) is 0 Å². The number of benzene rings is 1. The molecule has 0 saturated heterocycles. The molecule has 0 aromatic heterocycles. The van der Waals surface area contributed by atoms with Crippen molar-refractivity contribution in [2.75, 3.05) is 0 Å². The number of rotatable bonds is 6. The third kappa shape index (κ3) is 6.27. The second-order valence-corrected chi connectivity index (χ2v) is 5.16. The number of nitrogens with two attached hydrogens (primary N) is 1. The lowest BCUT2D eigenvalue weighted by atomic mass is 10.0. The molecule has 3 heteroatoms. The number of primary amides is 1. The molecule has 0 heterocycles. The molecule has 2 nitrogen and oxygen atoms in total. The van der Waals surface area contributed by atoms with Gasteiger partial charge in [-0.25, -0.2) is 0 Å². The van der Waals surface area contributed by atoms with E-state index >= 15 is 0 Å². The Morgan fingerprint density at radius 1 is 1.41 bits per heavy atom. The SMILES string of the molecule is C[C@H](/C=C/Cc1ccc(Br)cc1)CCC(N)=O. The fourth-order valence-corrected chi connectivity index (χ4v) is 1.79. The number of hydrogen-bond donors (Lipinski definition) is 1. The molecule has 0 aliphatic carbocycles. The number of carbonyl (C=O) groups is 1. The average Bonchev–Trinajstić information content (AvgIpc) is 2.29. The van der Waals surface area contributed by atoms with Gasteiger partial charge in [0.2, 0.25) is 5.91 Å². The summed E-state index contributed by atoms with van der Waals surface area (Å²) in [6.45, 7) is 2.10. The highest BCUT2D eigenvalue weighted by Gasteiger charge is 2.00. The Bertz CT molecular complexity index is 384. The van der Waals surface area contributed by atoms with Gasteiger partial charge in [-0.3, -0.25) is 4.79 Å². The number of carbonyl (C=O) groups excluding carboxylic acids is 1. The monoisotopic (exact) mass is 295 g/mol. The van der Waals surface area contributed by atoms with Crippen molar-refractivity contribution in [1.29, 1.82) is 0 Å². The van der Waals surface area contributed by atoms with Gasteiger partial charge in [-0.05, 0) is 36.5 Å². The molecule has 0 fully saturated rings. The fourth-order valence-electron chi connectivity index (χ4n) is 1.52. The summed E-state index contributed by atoms with van der Waals surface area (Å²) >= 11 is 3.41. The number of halogens is 1. The molecule has 0 bridgehead atoms. The van der Waals surface area contributed by atoms with Gasteiger partial charge in [0.1, 0.15) is 0 Å². The summed E-state index contributed by atoms with van der Waals surface area (Å²) in [4.78, 5) is 10.6. The molecule has 1 aromatic carbocycles. The Balaban J connectivity index is 2.34. The Hall–Kier alpha value is -1.09. The van der Waals surface area contributed by atoms with Gasteiger partial charge < -0.3 is 5.73 Å². The van der Waals surface area contributed by atoms with Crippen LogP contribution in [0.4, 0.5) is 0 Å². The summed E-state index contributed by atoms with van der Waals surface area (Å²) in [7, 11) is 0. The highest BCUT2D eigenvalue weighted by molar-refractivity contribution is 9.10. The maximum absolute atomic E-state index is 10.6. The molecule has 0 aliphatic heterocycles. The molecule has 1 amide bonds. The normalized spacial score (nSPS) is 12.8. The molecule has 1 aromatic rings. The van der Waals surface area contributed by atoms with Crippen LogP contribution in [0.2, 0.25) is 0 Å². The quantitative estimate of drug-likeness (QED) is 0.803. The largest absolute Gasteiger partial charge is 0.370 e. The van der Waals surface area contributed by atoms with Crippen molar-refractivity contribution in [1.82, 2.24) is 0 Å². The molecule has 17 heavy (non-hydrogen) atoms. The first-order valence-electron chi connectivity index (χ1n) is 5.77. The molecule has 0 radical (unpaired) electrons. The van der Waals surface area contributed by atoms with Crippen molar-refractivity contribution >= 4 is 21.8 Å². The van der Waals surface area contributed by atoms with Gasteiger partial charge in [0, 0.05) is 10.9 Å². The van der Waals surface area contributed by atoms with Gasteiger partial charge in [0.15, 0.2) is 0 Å². The smallest absolute Gasteiger partial charge is 0.217 e. The Morgan fingerprint density at radius 3 is 2.65 bits per heavy atom. The summed E-state index contributed by atoms with van der Waals surface area (Å²) in [6.07, 6.45) is 6.50. The van der Waals surface area contributed by atoms with Gasteiger partial charge in [-0.1, -0.05) is 47.1 Å². The predicted octanol–water partition coefficient (Wildman–Crippen LogP) is 3.45. The minimum atomic E-state index is -0.224. The van der Waals surface area contributed by atoms with Crippen LogP contribution >= 0.6 is 15.9 Å². The van der Waals surface area contributed by atoms with Crippen molar-refractivity contribution in [3.8, 4) is 0 Å². The standard InChI is InChI=1S/C14H18BrNO/c1-11(5-10-14(16)17)3-2-4-12-6-8-13(15)9-7-12/h2-3,6-9,11H,4-5,10H2,1H3,(H2,16,17)/b3-2+/t11-/m1/s1. The Kier molecular flexibility index (Phi) is 5.98. The molecule has 1 rings (SSSR count). The highest BCUT2D eigenvalue weighted by atomic mass is 79.9. The van der Waals surface area contributed by atoms with Crippen molar-refractivity contribution in [2.45, 2.75) is 26.2 Å². The van der Waals surface area contributed by atoms with Gasteiger partial charge in [-0.2, -0.15) is 0 Å². The summed E-state index contributed by atoms with van der Waals surface area (Å²) in [5.41, 5.74) is 6.39.